The van der Waals surface area contributed by atoms with Crippen LogP contribution in [0.25, 0.3) is 0 Å². The zero-order valence-electron chi connectivity index (χ0n) is 22.2. The Balaban J connectivity index is 1.54. The van der Waals surface area contributed by atoms with Crippen LogP contribution in [0.1, 0.15) is 54.5 Å². The van der Waals surface area contributed by atoms with E-state index in [4.69, 9.17) is 23.2 Å². The number of pyridine rings is 1. The number of aromatic nitrogens is 1. The number of nitrogens with one attached hydrogen (secondary N) is 1. The third kappa shape index (κ3) is 7.27. The molecule has 11 heteroatoms. The van der Waals surface area contributed by atoms with Gasteiger partial charge in [-0.05, 0) is 72.7 Å². The molecule has 2 heterocycles. The first kappa shape index (κ1) is 29.5. The first-order valence-corrected chi connectivity index (χ1v) is 15.9. The van der Waals surface area contributed by atoms with E-state index in [1.165, 1.54) is 0 Å². The molecule has 8 nitrogen and oxygen atoms in total. The number of piperidine rings is 1. The molecule has 1 saturated carbocycles. The first-order chi connectivity index (χ1) is 19.6. The number of carboxylic acids is 1. The van der Waals surface area contributed by atoms with Crippen LogP contribution in [0, 0.1) is 11.8 Å². The number of rotatable bonds is 11. The Bertz CT molecular complexity index is 1500. The van der Waals surface area contributed by atoms with Gasteiger partial charge in [-0.25, -0.2) is 13.1 Å². The van der Waals surface area contributed by atoms with E-state index in [1.807, 2.05) is 30.3 Å². The van der Waals surface area contributed by atoms with Crippen LogP contribution in [-0.2, 0) is 25.4 Å². The summed E-state index contributed by atoms with van der Waals surface area (Å²) >= 11 is 12.6. The van der Waals surface area contributed by atoms with Crippen molar-refractivity contribution < 1.29 is 23.1 Å². The van der Waals surface area contributed by atoms with Gasteiger partial charge >= 0.3 is 5.97 Å². The molecule has 1 aliphatic heterocycles. The van der Waals surface area contributed by atoms with Crippen LogP contribution >= 0.6 is 23.2 Å². The van der Waals surface area contributed by atoms with Crippen molar-refractivity contribution in [3.63, 3.8) is 0 Å². The van der Waals surface area contributed by atoms with Gasteiger partial charge in [-0.3, -0.25) is 14.6 Å². The second-order valence-electron chi connectivity index (χ2n) is 10.8. The van der Waals surface area contributed by atoms with E-state index >= 15 is 0 Å². The molecule has 4 atom stereocenters. The number of carbonyl (C=O) groups is 2. The van der Waals surface area contributed by atoms with Crippen molar-refractivity contribution in [1.29, 1.82) is 0 Å². The average molecular weight is 617 g/mol. The SMILES string of the molecule is O=C(O)CC1CC(c2cccc(Cl)c2)C(c2ccc(Cl)cc2)N(C(CNS(=O)(=O)Cc2ccccn2)C2CC2)C1=O. The molecule has 2 fully saturated rings. The lowest BCUT2D eigenvalue weighted by atomic mass is 9.74. The smallest absolute Gasteiger partial charge is 0.304 e. The van der Waals surface area contributed by atoms with Gasteiger partial charge in [0.15, 0.2) is 0 Å². The molecule has 3 aromatic rings. The Morgan fingerprint density at radius 1 is 1.02 bits per heavy atom. The summed E-state index contributed by atoms with van der Waals surface area (Å²) in [5, 5.41) is 10.8. The number of hydrogen-bond donors (Lipinski definition) is 2. The van der Waals surface area contributed by atoms with Crippen LogP contribution < -0.4 is 4.72 Å². The summed E-state index contributed by atoms with van der Waals surface area (Å²) in [5.41, 5.74) is 2.14. The van der Waals surface area contributed by atoms with Crippen LogP contribution in [0.5, 0.6) is 0 Å². The number of benzene rings is 2. The maximum Gasteiger partial charge on any atom is 0.304 e. The van der Waals surface area contributed by atoms with Crippen LogP contribution in [0.4, 0.5) is 0 Å². The third-order valence-electron chi connectivity index (χ3n) is 7.83. The molecule has 1 aliphatic carbocycles. The van der Waals surface area contributed by atoms with Gasteiger partial charge in [0.05, 0.1) is 18.2 Å². The van der Waals surface area contributed by atoms with Crippen molar-refractivity contribution in [3.05, 3.63) is 99.8 Å². The molecular weight excluding hydrogens is 585 g/mol. The van der Waals surface area contributed by atoms with Gasteiger partial charge in [-0.1, -0.05) is 53.5 Å². The molecule has 2 N–H and O–H groups in total. The number of nitrogens with zero attached hydrogens (tertiary/aromatic N) is 2. The second-order valence-corrected chi connectivity index (χ2v) is 13.4. The van der Waals surface area contributed by atoms with Crippen molar-refractivity contribution in [2.24, 2.45) is 11.8 Å². The maximum atomic E-state index is 14.2. The van der Waals surface area contributed by atoms with Gasteiger partial charge in [0.25, 0.3) is 0 Å². The fourth-order valence-electron chi connectivity index (χ4n) is 5.85. The summed E-state index contributed by atoms with van der Waals surface area (Å²) in [7, 11) is -3.76. The van der Waals surface area contributed by atoms with Crippen LogP contribution in [-0.4, -0.2) is 47.9 Å². The van der Waals surface area contributed by atoms with Crippen molar-refractivity contribution in [2.75, 3.05) is 6.54 Å². The number of hydrogen-bond acceptors (Lipinski definition) is 5. The number of halogens is 2. The van der Waals surface area contributed by atoms with Gasteiger partial charge in [0.1, 0.15) is 5.75 Å². The zero-order valence-corrected chi connectivity index (χ0v) is 24.5. The molecule has 0 radical (unpaired) electrons. The number of amides is 1. The Morgan fingerprint density at radius 3 is 2.41 bits per heavy atom. The van der Waals surface area contributed by atoms with E-state index in [-0.39, 0.29) is 36.5 Å². The minimum absolute atomic E-state index is 0.0116. The average Bonchev–Trinajstić information content (AvgIpc) is 3.77. The van der Waals surface area contributed by atoms with E-state index in [2.05, 4.69) is 9.71 Å². The van der Waals surface area contributed by atoms with Gasteiger partial charge < -0.3 is 10.0 Å². The molecule has 2 aromatic carbocycles. The van der Waals surface area contributed by atoms with Crippen molar-refractivity contribution in [1.82, 2.24) is 14.6 Å². The van der Waals surface area contributed by atoms with E-state index in [0.29, 0.717) is 22.2 Å². The predicted octanol–water partition coefficient (Wildman–Crippen LogP) is 5.43. The van der Waals surface area contributed by atoms with E-state index in [1.54, 1.807) is 47.5 Å². The molecule has 1 aromatic heterocycles. The van der Waals surface area contributed by atoms with E-state index < -0.39 is 34.0 Å². The summed E-state index contributed by atoms with van der Waals surface area (Å²) in [6, 6.07) is 18.8. The van der Waals surface area contributed by atoms with Crippen molar-refractivity contribution in [2.45, 2.75) is 49.4 Å². The molecule has 1 amide bonds. The van der Waals surface area contributed by atoms with Gasteiger partial charge in [-0.2, -0.15) is 0 Å². The summed E-state index contributed by atoms with van der Waals surface area (Å²) < 4.78 is 28.9. The van der Waals surface area contributed by atoms with Crippen LogP contribution in [0.15, 0.2) is 72.9 Å². The van der Waals surface area contributed by atoms with Crippen LogP contribution in [0.2, 0.25) is 10.0 Å². The number of sulfonamides is 1. The fourth-order valence-corrected chi connectivity index (χ4v) is 7.26. The van der Waals surface area contributed by atoms with Crippen molar-refractivity contribution >= 4 is 45.1 Å². The minimum Gasteiger partial charge on any atom is -0.481 e. The highest BCUT2D eigenvalue weighted by Gasteiger charge is 2.49. The minimum atomic E-state index is -3.76. The van der Waals surface area contributed by atoms with Gasteiger partial charge in [0.2, 0.25) is 15.9 Å². The lowest BCUT2D eigenvalue weighted by Crippen LogP contribution is -2.56. The highest BCUT2D eigenvalue weighted by Crippen LogP contribution is 2.50. The maximum absolute atomic E-state index is 14.2. The molecule has 216 valence electrons. The number of carbonyl (C=O) groups excluding carboxylic acids is 1. The summed E-state index contributed by atoms with van der Waals surface area (Å²) in [5.74, 6) is -2.60. The molecule has 4 unspecified atom stereocenters. The monoisotopic (exact) mass is 615 g/mol. The Labute approximate surface area is 249 Å². The zero-order chi connectivity index (χ0) is 29.1. The second kappa shape index (κ2) is 12.5. The van der Waals surface area contributed by atoms with Crippen LogP contribution in [0.3, 0.4) is 0 Å². The quantitative estimate of drug-likeness (QED) is 0.297. The topological polar surface area (TPSA) is 117 Å². The molecule has 5 rings (SSSR count). The van der Waals surface area contributed by atoms with E-state index in [0.717, 1.165) is 24.0 Å². The highest BCUT2D eigenvalue weighted by atomic mass is 35.5. The lowest BCUT2D eigenvalue weighted by molar-refractivity contribution is -0.152. The normalized spacial score (nSPS) is 22.0. The molecule has 41 heavy (non-hydrogen) atoms. The Morgan fingerprint density at radius 2 is 1.78 bits per heavy atom. The Kier molecular flexibility index (Phi) is 8.99. The van der Waals surface area contributed by atoms with Gasteiger partial charge in [-0.15, -0.1) is 0 Å². The number of aliphatic carboxylic acids is 1. The molecule has 2 aliphatic rings. The summed E-state index contributed by atoms with van der Waals surface area (Å²) in [6.45, 7) is 0.0116. The first-order valence-electron chi connectivity index (χ1n) is 13.5. The molecule has 0 bridgehead atoms. The highest BCUT2D eigenvalue weighted by molar-refractivity contribution is 7.88. The Hall–Kier alpha value is -2.98. The molecular formula is C30H31Cl2N3O5S. The van der Waals surface area contributed by atoms with Crippen molar-refractivity contribution in [3.8, 4) is 0 Å². The molecule has 0 spiro atoms. The summed E-state index contributed by atoms with van der Waals surface area (Å²) in [6.07, 6.45) is 3.23. The van der Waals surface area contributed by atoms with E-state index in [9.17, 15) is 23.1 Å². The predicted molar refractivity (Wildman–Crippen MR) is 157 cm³/mol. The number of likely N-dealkylation sites (tertiary alicyclic amines) is 1. The number of carboxylic acid groups (broad SMARTS) is 1. The third-order valence-corrected chi connectivity index (χ3v) is 9.60. The standard InChI is InChI=1S/C30H31Cl2N3O5S/c31-23-11-9-20(10-12-23)29-26(21-4-3-5-24(32)14-21)15-22(16-28(36)37)30(38)35(29)27(19-7-8-19)17-34-41(39,40)18-25-6-1-2-13-33-25/h1-6,9-14,19,22,26-27,29,34H,7-8,15-18H2,(H,36,37). The fraction of sp³-hybridized carbons (Fsp3) is 0.367. The largest absolute Gasteiger partial charge is 0.481 e. The molecule has 1 saturated heterocycles. The van der Waals surface area contributed by atoms with Gasteiger partial charge in [0, 0.05) is 40.7 Å². The lowest BCUT2D eigenvalue weighted by Gasteiger charge is -2.48. The summed E-state index contributed by atoms with van der Waals surface area (Å²) in [4.78, 5) is 31.9.